The summed E-state index contributed by atoms with van der Waals surface area (Å²) in [5.74, 6) is 1.40. The number of carbonyl (C=O) groups is 2. The maximum Gasteiger partial charge on any atom is 0.232 e. The number of benzene rings is 3. The van der Waals surface area contributed by atoms with Crippen LogP contribution in [0.4, 0.5) is 5.69 Å². The second-order valence-corrected chi connectivity index (χ2v) is 11.6. The van der Waals surface area contributed by atoms with Crippen molar-refractivity contribution >= 4 is 29.1 Å². The van der Waals surface area contributed by atoms with E-state index in [4.69, 9.17) is 21.1 Å². The molecule has 2 amide bonds. The van der Waals surface area contributed by atoms with Crippen LogP contribution in [0.2, 0.25) is 5.02 Å². The molecule has 2 unspecified atom stereocenters. The third-order valence-electron chi connectivity index (χ3n) is 7.94. The van der Waals surface area contributed by atoms with Crippen molar-refractivity contribution in [2.45, 2.75) is 57.4 Å². The van der Waals surface area contributed by atoms with Gasteiger partial charge >= 0.3 is 0 Å². The van der Waals surface area contributed by atoms with Crippen molar-refractivity contribution in [1.82, 2.24) is 4.90 Å². The summed E-state index contributed by atoms with van der Waals surface area (Å²) in [5.41, 5.74) is 4.35. The van der Waals surface area contributed by atoms with E-state index in [0.29, 0.717) is 23.1 Å². The summed E-state index contributed by atoms with van der Waals surface area (Å²) in [6, 6.07) is 18.3. The first-order valence-corrected chi connectivity index (χ1v) is 14.2. The minimum absolute atomic E-state index is 0.0472. The largest absolute Gasteiger partial charge is 0.493 e. The molecule has 2 aliphatic heterocycles. The van der Waals surface area contributed by atoms with E-state index in [9.17, 15) is 14.7 Å². The predicted molar refractivity (Wildman–Crippen MR) is 153 cm³/mol. The molecule has 6 rings (SSSR count). The number of amides is 2. The standard InChI is InChI=1S/C32H33ClN2O5/c1-18(2)40-28-16-25-22(14-27(28)39-3)15-29(37)35(30(25)19-6-10-23(33)11-7-19)24-12-8-20(9-13-24)31-26(36)17-34(31)32(38)21-4-5-21/h6-14,16,18,21,26,30-31,36H,4-5,15,17H2,1-3H3/t26-,30?,31?/m0/s1. The number of halogens is 1. The van der Waals surface area contributed by atoms with Crippen molar-refractivity contribution in [3.8, 4) is 11.5 Å². The van der Waals surface area contributed by atoms with Gasteiger partial charge in [0.05, 0.1) is 37.8 Å². The van der Waals surface area contributed by atoms with Gasteiger partial charge in [0.15, 0.2) is 11.5 Å². The molecule has 3 aromatic rings. The summed E-state index contributed by atoms with van der Waals surface area (Å²) in [4.78, 5) is 30.0. The Hall–Kier alpha value is -3.55. The van der Waals surface area contributed by atoms with Crippen LogP contribution in [0.5, 0.6) is 11.5 Å². The van der Waals surface area contributed by atoms with Gasteiger partial charge in [0, 0.05) is 23.2 Å². The van der Waals surface area contributed by atoms with Crippen LogP contribution in [-0.2, 0) is 16.0 Å². The number of carbonyl (C=O) groups excluding carboxylic acids is 2. The molecule has 8 heteroatoms. The fourth-order valence-corrected chi connectivity index (χ4v) is 5.97. The fourth-order valence-electron chi connectivity index (χ4n) is 5.84. The van der Waals surface area contributed by atoms with Crippen LogP contribution in [0.25, 0.3) is 0 Å². The van der Waals surface area contributed by atoms with Crippen LogP contribution in [-0.4, -0.2) is 47.7 Å². The lowest BCUT2D eigenvalue weighted by molar-refractivity contribution is -0.152. The van der Waals surface area contributed by atoms with E-state index >= 15 is 0 Å². The molecule has 1 saturated carbocycles. The number of aliphatic hydroxyl groups is 1. The lowest BCUT2D eigenvalue weighted by atomic mass is 9.86. The molecule has 1 aliphatic carbocycles. The average molecular weight is 561 g/mol. The molecule has 3 atom stereocenters. The van der Waals surface area contributed by atoms with Gasteiger partial charge in [-0.1, -0.05) is 35.9 Å². The molecule has 0 aromatic heterocycles. The maximum atomic E-state index is 13.8. The zero-order valence-corrected chi connectivity index (χ0v) is 23.6. The summed E-state index contributed by atoms with van der Waals surface area (Å²) in [6.45, 7) is 4.29. The summed E-state index contributed by atoms with van der Waals surface area (Å²) in [6.07, 6.45) is 1.43. The highest BCUT2D eigenvalue weighted by atomic mass is 35.5. The molecule has 208 valence electrons. The third-order valence-corrected chi connectivity index (χ3v) is 8.20. The second-order valence-electron chi connectivity index (χ2n) is 11.1. The molecule has 1 saturated heterocycles. The number of hydrogen-bond acceptors (Lipinski definition) is 5. The Labute approximate surface area is 239 Å². The predicted octanol–water partition coefficient (Wildman–Crippen LogP) is 5.47. The van der Waals surface area contributed by atoms with Crippen LogP contribution in [0, 0.1) is 5.92 Å². The Bertz CT molecular complexity index is 1430. The molecule has 40 heavy (non-hydrogen) atoms. The Kier molecular flexibility index (Phi) is 6.97. The quantitative estimate of drug-likeness (QED) is 0.415. The van der Waals surface area contributed by atoms with Crippen molar-refractivity contribution in [2.24, 2.45) is 5.92 Å². The Balaban J connectivity index is 1.39. The van der Waals surface area contributed by atoms with E-state index in [2.05, 4.69) is 0 Å². The number of nitrogens with zero attached hydrogens (tertiary/aromatic N) is 2. The number of fused-ring (bicyclic) bond motifs is 1. The van der Waals surface area contributed by atoms with Crippen molar-refractivity contribution in [1.29, 1.82) is 0 Å². The molecule has 3 aliphatic rings. The van der Waals surface area contributed by atoms with Crippen molar-refractivity contribution in [2.75, 3.05) is 18.6 Å². The van der Waals surface area contributed by atoms with E-state index in [0.717, 1.165) is 40.8 Å². The van der Waals surface area contributed by atoms with E-state index in [1.165, 1.54) is 0 Å². The van der Waals surface area contributed by atoms with Crippen molar-refractivity contribution in [3.63, 3.8) is 0 Å². The Morgan fingerprint density at radius 2 is 1.68 bits per heavy atom. The first kappa shape index (κ1) is 26.7. The monoisotopic (exact) mass is 560 g/mol. The van der Waals surface area contributed by atoms with Gasteiger partial charge < -0.3 is 24.4 Å². The van der Waals surface area contributed by atoms with Gasteiger partial charge in [0.1, 0.15) is 0 Å². The first-order chi connectivity index (χ1) is 19.2. The lowest BCUT2D eigenvalue weighted by Gasteiger charge is -2.46. The van der Waals surface area contributed by atoms with E-state index in [1.54, 1.807) is 12.0 Å². The zero-order valence-electron chi connectivity index (χ0n) is 22.8. The highest BCUT2D eigenvalue weighted by Crippen LogP contribution is 2.45. The minimum Gasteiger partial charge on any atom is -0.493 e. The molecule has 7 nitrogen and oxygen atoms in total. The van der Waals surface area contributed by atoms with Gasteiger partial charge in [-0.15, -0.1) is 0 Å². The molecule has 0 spiro atoms. The van der Waals surface area contributed by atoms with E-state index in [1.807, 2.05) is 79.4 Å². The van der Waals surface area contributed by atoms with E-state index in [-0.39, 0.29) is 36.3 Å². The highest BCUT2D eigenvalue weighted by Gasteiger charge is 2.46. The molecule has 2 fully saturated rings. The number of ether oxygens (including phenoxy) is 2. The molecule has 3 aromatic carbocycles. The van der Waals surface area contributed by atoms with Crippen LogP contribution >= 0.6 is 11.6 Å². The van der Waals surface area contributed by atoms with Gasteiger partial charge in [-0.2, -0.15) is 0 Å². The van der Waals surface area contributed by atoms with Crippen molar-refractivity contribution < 1.29 is 24.2 Å². The van der Waals surface area contributed by atoms with Gasteiger partial charge in [-0.3, -0.25) is 9.59 Å². The normalized spacial score (nSPS) is 22.1. The number of methoxy groups -OCH3 is 1. The summed E-state index contributed by atoms with van der Waals surface area (Å²) < 4.78 is 11.7. The topological polar surface area (TPSA) is 79.3 Å². The minimum atomic E-state index is -0.590. The number of aliphatic hydroxyl groups excluding tert-OH is 1. The number of likely N-dealkylation sites (tertiary alicyclic amines) is 1. The number of anilines is 1. The lowest BCUT2D eigenvalue weighted by Crippen LogP contribution is -2.56. The molecule has 2 heterocycles. The summed E-state index contributed by atoms with van der Waals surface area (Å²) >= 11 is 6.22. The molecule has 0 radical (unpaired) electrons. The zero-order chi connectivity index (χ0) is 28.1. The molecular weight excluding hydrogens is 528 g/mol. The second kappa shape index (κ2) is 10.5. The Morgan fingerprint density at radius 1 is 1.00 bits per heavy atom. The summed E-state index contributed by atoms with van der Waals surface area (Å²) in [7, 11) is 1.60. The number of β-amino-alcohol motifs (C(OH)–C–C–N with tert-alkyl or cyclic N) is 1. The highest BCUT2D eigenvalue weighted by molar-refractivity contribution is 6.30. The van der Waals surface area contributed by atoms with Crippen LogP contribution in [0.3, 0.4) is 0 Å². The number of rotatable bonds is 7. The van der Waals surface area contributed by atoms with Gasteiger partial charge in [-0.25, -0.2) is 0 Å². The Morgan fingerprint density at radius 3 is 2.27 bits per heavy atom. The van der Waals surface area contributed by atoms with Crippen LogP contribution in [0.1, 0.15) is 61.0 Å². The van der Waals surface area contributed by atoms with Crippen LogP contribution in [0.15, 0.2) is 60.7 Å². The summed E-state index contributed by atoms with van der Waals surface area (Å²) in [5, 5.41) is 11.1. The number of hydrogen-bond donors (Lipinski definition) is 1. The first-order valence-electron chi connectivity index (χ1n) is 13.8. The van der Waals surface area contributed by atoms with E-state index < -0.39 is 12.1 Å². The SMILES string of the molecule is COc1cc2c(cc1OC(C)C)C(c1ccc(Cl)cc1)N(c1ccc(C3[C@@H](O)CN3C(=O)C3CC3)cc1)C(=O)C2. The van der Waals surface area contributed by atoms with Gasteiger partial charge in [-0.05, 0) is 85.3 Å². The molecule has 1 N–H and O–H groups in total. The smallest absolute Gasteiger partial charge is 0.232 e. The van der Waals surface area contributed by atoms with Crippen molar-refractivity contribution in [3.05, 3.63) is 87.9 Å². The average Bonchev–Trinajstić information content (AvgIpc) is 3.77. The third kappa shape index (κ3) is 4.82. The molecule has 0 bridgehead atoms. The van der Waals surface area contributed by atoms with Crippen LogP contribution < -0.4 is 14.4 Å². The molecular formula is C32H33ClN2O5. The van der Waals surface area contributed by atoms with Gasteiger partial charge in [0.25, 0.3) is 0 Å². The maximum absolute atomic E-state index is 13.8. The van der Waals surface area contributed by atoms with Gasteiger partial charge in [0.2, 0.25) is 11.8 Å². The fraction of sp³-hybridized carbons (Fsp3) is 0.375.